The number of aryl methyl sites for hydroxylation is 1. The van der Waals surface area contributed by atoms with Gasteiger partial charge in [0.1, 0.15) is 11.9 Å². The highest BCUT2D eigenvalue weighted by Gasteiger charge is 2.15. The first-order chi connectivity index (χ1) is 13.7. The smallest absolute Gasteiger partial charge is 0.191 e. The number of methoxy groups -OCH3 is 1. The number of nitrogens with one attached hydrogen (secondary N) is 2. The van der Waals surface area contributed by atoms with Gasteiger partial charge in [0.25, 0.3) is 0 Å². The number of nitrogens with zero attached hydrogens (tertiary/aromatic N) is 4. The lowest BCUT2D eigenvalue weighted by Gasteiger charge is -2.19. The van der Waals surface area contributed by atoms with Crippen molar-refractivity contribution >= 4 is 29.9 Å². The van der Waals surface area contributed by atoms with Crippen molar-refractivity contribution in [1.82, 2.24) is 25.4 Å². The Morgan fingerprint density at radius 3 is 2.72 bits per heavy atom. The average Bonchev–Trinajstić information content (AvgIpc) is 2.94. The Balaban J connectivity index is 0.00000300. The molecule has 1 aliphatic rings. The molecule has 0 amide bonds. The molecule has 1 aromatic heterocycles. The standard InChI is InChI=1S/C20H30N6O2.HI/c1-15(28-17-10-7-6-9-16(17)27-3)13-22-20(21-2)23-14-19-25-24-18-11-5-4-8-12-26(18)19;/h6-7,9-10,15H,4-5,8,11-14H2,1-3H3,(H2,21,22,23);1H. The Hall–Kier alpha value is -2.04. The van der Waals surface area contributed by atoms with Crippen LogP contribution in [0.15, 0.2) is 29.3 Å². The summed E-state index contributed by atoms with van der Waals surface area (Å²) in [6.07, 6.45) is 4.59. The monoisotopic (exact) mass is 514 g/mol. The highest BCUT2D eigenvalue weighted by molar-refractivity contribution is 14.0. The minimum atomic E-state index is -0.0563. The summed E-state index contributed by atoms with van der Waals surface area (Å²) in [5, 5.41) is 15.3. The Bertz CT molecular complexity index is 795. The van der Waals surface area contributed by atoms with Crippen LogP contribution >= 0.6 is 24.0 Å². The number of fused-ring (bicyclic) bond motifs is 1. The van der Waals surface area contributed by atoms with E-state index in [1.54, 1.807) is 14.2 Å². The van der Waals surface area contributed by atoms with E-state index in [9.17, 15) is 0 Å². The fraction of sp³-hybridized carbons (Fsp3) is 0.550. The molecule has 1 unspecified atom stereocenters. The molecule has 1 aliphatic heterocycles. The molecule has 160 valence electrons. The van der Waals surface area contributed by atoms with Crippen LogP contribution in [0.1, 0.15) is 37.8 Å². The molecule has 0 saturated carbocycles. The van der Waals surface area contributed by atoms with E-state index >= 15 is 0 Å². The summed E-state index contributed by atoms with van der Waals surface area (Å²) < 4.78 is 13.5. The summed E-state index contributed by atoms with van der Waals surface area (Å²) in [4.78, 5) is 4.29. The molecule has 2 aromatic rings. The SMILES string of the molecule is CN=C(NCc1nnc2n1CCCCC2)NCC(C)Oc1ccccc1OC.I. The number of ether oxygens (including phenoxy) is 2. The molecule has 9 heteroatoms. The molecule has 0 saturated heterocycles. The van der Waals surface area contributed by atoms with Gasteiger partial charge in [-0.2, -0.15) is 0 Å². The van der Waals surface area contributed by atoms with Crippen LogP contribution in [-0.2, 0) is 19.5 Å². The average molecular weight is 514 g/mol. The fourth-order valence-electron chi connectivity index (χ4n) is 3.27. The maximum absolute atomic E-state index is 5.97. The van der Waals surface area contributed by atoms with E-state index in [4.69, 9.17) is 9.47 Å². The van der Waals surface area contributed by atoms with Crippen LogP contribution in [0.5, 0.6) is 11.5 Å². The summed E-state index contributed by atoms with van der Waals surface area (Å²) in [6, 6.07) is 7.64. The van der Waals surface area contributed by atoms with Crippen LogP contribution in [0.25, 0.3) is 0 Å². The molecule has 2 heterocycles. The second-order valence-electron chi connectivity index (χ2n) is 6.88. The number of aromatic nitrogens is 3. The van der Waals surface area contributed by atoms with Gasteiger partial charge in [0.05, 0.1) is 20.2 Å². The van der Waals surface area contributed by atoms with E-state index in [2.05, 4.69) is 30.4 Å². The predicted octanol–water partition coefficient (Wildman–Crippen LogP) is 2.76. The van der Waals surface area contributed by atoms with E-state index in [1.807, 2.05) is 31.2 Å². The quantitative estimate of drug-likeness (QED) is 0.336. The van der Waals surface area contributed by atoms with E-state index in [0.717, 1.165) is 36.1 Å². The normalized spacial score (nSPS) is 14.8. The van der Waals surface area contributed by atoms with Gasteiger partial charge in [-0.3, -0.25) is 4.99 Å². The topological polar surface area (TPSA) is 85.6 Å². The molecule has 0 aliphatic carbocycles. The van der Waals surface area contributed by atoms with Crippen LogP contribution in [0.2, 0.25) is 0 Å². The first-order valence-corrected chi connectivity index (χ1v) is 9.86. The third-order valence-corrected chi connectivity index (χ3v) is 4.78. The lowest BCUT2D eigenvalue weighted by molar-refractivity contribution is 0.213. The number of hydrogen-bond acceptors (Lipinski definition) is 5. The van der Waals surface area contributed by atoms with Crippen LogP contribution in [-0.4, -0.2) is 47.5 Å². The van der Waals surface area contributed by atoms with Crippen molar-refractivity contribution in [3.63, 3.8) is 0 Å². The second kappa shape index (κ2) is 11.8. The molecule has 0 radical (unpaired) electrons. The van der Waals surface area contributed by atoms with Gasteiger partial charge in [-0.05, 0) is 31.9 Å². The van der Waals surface area contributed by atoms with Gasteiger partial charge in [-0.1, -0.05) is 18.6 Å². The van der Waals surface area contributed by atoms with Crippen molar-refractivity contribution in [2.75, 3.05) is 20.7 Å². The predicted molar refractivity (Wildman–Crippen MR) is 124 cm³/mol. The van der Waals surface area contributed by atoms with Gasteiger partial charge >= 0.3 is 0 Å². The van der Waals surface area contributed by atoms with Crippen LogP contribution in [0, 0.1) is 0 Å². The molecular weight excluding hydrogens is 483 g/mol. The maximum atomic E-state index is 5.97. The highest BCUT2D eigenvalue weighted by Crippen LogP contribution is 2.26. The van der Waals surface area contributed by atoms with Crippen molar-refractivity contribution in [3.8, 4) is 11.5 Å². The highest BCUT2D eigenvalue weighted by atomic mass is 127. The Kier molecular flexibility index (Phi) is 9.49. The van der Waals surface area contributed by atoms with E-state index < -0.39 is 0 Å². The van der Waals surface area contributed by atoms with Crippen molar-refractivity contribution in [1.29, 1.82) is 0 Å². The second-order valence-corrected chi connectivity index (χ2v) is 6.88. The van der Waals surface area contributed by atoms with Gasteiger partial charge < -0.3 is 24.7 Å². The molecule has 3 rings (SSSR count). The first kappa shape index (κ1) is 23.2. The summed E-state index contributed by atoms with van der Waals surface area (Å²) in [7, 11) is 3.40. The molecule has 1 atom stereocenters. The number of guanidine groups is 1. The summed E-state index contributed by atoms with van der Waals surface area (Å²) >= 11 is 0. The van der Waals surface area contributed by atoms with Crippen molar-refractivity contribution < 1.29 is 9.47 Å². The van der Waals surface area contributed by atoms with E-state index in [0.29, 0.717) is 19.0 Å². The number of rotatable bonds is 7. The third-order valence-electron chi connectivity index (χ3n) is 4.78. The molecule has 0 spiro atoms. The van der Waals surface area contributed by atoms with E-state index in [-0.39, 0.29) is 30.1 Å². The maximum Gasteiger partial charge on any atom is 0.191 e. The summed E-state index contributed by atoms with van der Waals surface area (Å²) in [5.41, 5.74) is 0. The summed E-state index contributed by atoms with van der Waals surface area (Å²) in [5.74, 6) is 4.22. The number of aliphatic imine (C=N–C) groups is 1. The van der Waals surface area contributed by atoms with Crippen LogP contribution in [0.3, 0.4) is 0 Å². The van der Waals surface area contributed by atoms with Crippen molar-refractivity contribution in [2.45, 2.75) is 51.8 Å². The zero-order valence-electron chi connectivity index (χ0n) is 17.4. The van der Waals surface area contributed by atoms with Crippen LogP contribution < -0.4 is 20.1 Å². The third kappa shape index (κ3) is 6.48. The fourth-order valence-corrected chi connectivity index (χ4v) is 3.27. The van der Waals surface area contributed by atoms with Crippen molar-refractivity contribution in [3.05, 3.63) is 35.9 Å². The van der Waals surface area contributed by atoms with Crippen molar-refractivity contribution in [2.24, 2.45) is 4.99 Å². The Morgan fingerprint density at radius 2 is 1.97 bits per heavy atom. The lowest BCUT2D eigenvalue weighted by Crippen LogP contribution is -2.41. The molecule has 29 heavy (non-hydrogen) atoms. The van der Waals surface area contributed by atoms with Gasteiger partial charge in [0.2, 0.25) is 0 Å². The minimum Gasteiger partial charge on any atom is -0.493 e. The molecule has 0 fully saturated rings. The molecule has 2 N–H and O–H groups in total. The summed E-state index contributed by atoms with van der Waals surface area (Å²) in [6.45, 7) is 4.20. The lowest BCUT2D eigenvalue weighted by atomic mass is 10.2. The molecule has 8 nitrogen and oxygen atoms in total. The Morgan fingerprint density at radius 1 is 1.17 bits per heavy atom. The number of halogens is 1. The zero-order valence-corrected chi connectivity index (χ0v) is 19.7. The number of hydrogen-bond donors (Lipinski definition) is 2. The Labute approximate surface area is 189 Å². The van der Waals surface area contributed by atoms with Gasteiger partial charge in [-0.25, -0.2) is 0 Å². The molecule has 0 bridgehead atoms. The molecular formula is C20H31IN6O2. The number of benzene rings is 1. The van der Waals surface area contributed by atoms with Crippen LogP contribution in [0.4, 0.5) is 0 Å². The zero-order chi connectivity index (χ0) is 19.8. The minimum absolute atomic E-state index is 0. The van der Waals surface area contributed by atoms with Gasteiger partial charge in [0.15, 0.2) is 23.3 Å². The van der Waals surface area contributed by atoms with Gasteiger partial charge in [0, 0.05) is 20.0 Å². The van der Waals surface area contributed by atoms with Gasteiger partial charge in [-0.15, -0.1) is 34.2 Å². The first-order valence-electron chi connectivity index (χ1n) is 9.86. The van der Waals surface area contributed by atoms with E-state index in [1.165, 1.54) is 19.3 Å². The molecule has 1 aromatic carbocycles. The number of para-hydroxylation sites is 2. The largest absolute Gasteiger partial charge is 0.493 e.